The molecule has 7 heteroatoms. The Balaban J connectivity index is 1.95. The maximum Gasteiger partial charge on any atom is 0.328 e. The Morgan fingerprint density at radius 2 is 2.00 bits per heavy atom. The number of hydrogen-bond acceptors (Lipinski definition) is 6. The Labute approximate surface area is 121 Å². The number of benzene rings is 1. The maximum atomic E-state index is 5.71. The van der Waals surface area contributed by atoms with E-state index in [1.165, 1.54) is 0 Å². The molecule has 2 N–H and O–H groups in total. The molecule has 1 aromatic carbocycles. The van der Waals surface area contributed by atoms with Crippen LogP contribution in [-0.4, -0.2) is 24.5 Å². The maximum absolute atomic E-state index is 5.71. The van der Waals surface area contributed by atoms with E-state index in [4.69, 9.17) is 10.5 Å². The Morgan fingerprint density at radius 1 is 1.14 bits per heavy atom. The van der Waals surface area contributed by atoms with Crippen molar-refractivity contribution in [1.82, 2.24) is 24.5 Å². The van der Waals surface area contributed by atoms with Gasteiger partial charge in [-0.15, -0.1) is 0 Å². The number of anilines is 1. The van der Waals surface area contributed by atoms with Crippen molar-refractivity contribution in [3.63, 3.8) is 0 Å². The second-order valence-corrected chi connectivity index (χ2v) is 4.62. The van der Waals surface area contributed by atoms with Crippen LogP contribution in [0.4, 0.5) is 5.95 Å². The van der Waals surface area contributed by atoms with E-state index in [-0.39, 0.29) is 12.0 Å². The van der Waals surface area contributed by atoms with Crippen LogP contribution >= 0.6 is 0 Å². The first-order valence-corrected chi connectivity index (χ1v) is 6.37. The van der Waals surface area contributed by atoms with Gasteiger partial charge in [-0.05, 0) is 25.5 Å². The predicted octanol–water partition coefficient (Wildman–Crippen LogP) is 2.05. The molecule has 21 heavy (non-hydrogen) atoms. The molecule has 0 aliphatic carbocycles. The Kier molecular flexibility index (Phi) is 3.23. The number of nitrogens with two attached hydrogens (primary N) is 1. The van der Waals surface area contributed by atoms with Crippen molar-refractivity contribution in [2.75, 3.05) is 5.73 Å². The largest absolute Gasteiger partial charge is 0.424 e. The first-order chi connectivity index (χ1) is 10.1. The van der Waals surface area contributed by atoms with Crippen molar-refractivity contribution < 1.29 is 4.74 Å². The Hall–Kier alpha value is -2.96. The zero-order valence-corrected chi connectivity index (χ0v) is 11.7. The van der Waals surface area contributed by atoms with E-state index >= 15 is 0 Å². The van der Waals surface area contributed by atoms with Gasteiger partial charge in [0.05, 0.1) is 0 Å². The average Bonchev–Trinajstić information content (AvgIpc) is 2.95. The summed E-state index contributed by atoms with van der Waals surface area (Å²) in [5.41, 5.74) is 7.86. The van der Waals surface area contributed by atoms with E-state index in [2.05, 4.69) is 19.9 Å². The van der Waals surface area contributed by atoms with Crippen molar-refractivity contribution in [3.8, 4) is 17.7 Å². The van der Waals surface area contributed by atoms with Gasteiger partial charge in [0.1, 0.15) is 12.1 Å². The molecule has 0 fully saturated rings. The quantitative estimate of drug-likeness (QED) is 0.790. The molecular weight excluding hydrogens is 268 g/mol. The Bertz CT molecular complexity index is 769. The lowest BCUT2D eigenvalue weighted by molar-refractivity contribution is 0.436. The molecule has 0 atom stereocenters. The fraction of sp³-hybridized carbons (Fsp3) is 0.143. The second kappa shape index (κ2) is 5.20. The number of nitrogens with zero attached hydrogens (tertiary/aromatic N) is 5. The fourth-order valence-corrected chi connectivity index (χ4v) is 1.91. The molecule has 0 aliphatic rings. The highest BCUT2D eigenvalue weighted by atomic mass is 16.5. The predicted molar refractivity (Wildman–Crippen MR) is 77.4 cm³/mol. The number of ether oxygens (including phenoxy) is 1. The standard InChI is InChI=1S/C14H14N6O/c1-9-3-4-11(10(2)7-9)21-14-18-12(15)17-13(19-14)20-6-5-16-8-20/h3-8H,1-2H3,(H2,15,17,18,19). The monoisotopic (exact) mass is 282 g/mol. The van der Waals surface area contributed by atoms with E-state index in [1.54, 1.807) is 23.3 Å². The number of aryl methyl sites for hydroxylation is 2. The summed E-state index contributed by atoms with van der Waals surface area (Å²) < 4.78 is 7.34. The van der Waals surface area contributed by atoms with Crippen molar-refractivity contribution >= 4 is 5.95 Å². The lowest BCUT2D eigenvalue weighted by Gasteiger charge is -2.09. The van der Waals surface area contributed by atoms with Crippen LogP contribution in [-0.2, 0) is 0 Å². The third-order valence-corrected chi connectivity index (χ3v) is 2.89. The number of rotatable bonds is 3. The highest BCUT2D eigenvalue weighted by Crippen LogP contribution is 2.23. The van der Waals surface area contributed by atoms with Crippen LogP contribution in [0, 0.1) is 13.8 Å². The summed E-state index contributed by atoms with van der Waals surface area (Å²) in [6.07, 6.45) is 4.93. The highest BCUT2D eigenvalue weighted by Gasteiger charge is 2.09. The minimum atomic E-state index is 0.0912. The third-order valence-electron chi connectivity index (χ3n) is 2.89. The topological polar surface area (TPSA) is 91.7 Å². The highest BCUT2D eigenvalue weighted by molar-refractivity contribution is 5.38. The van der Waals surface area contributed by atoms with E-state index in [0.717, 1.165) is 11.1 Å². The number of aromatic nitrogens is 5. The van der Waals surface area contributed by atoms with Crippen molar-refractivity contribution in [2.24, 2.45) is 0 Å². The van der Waals surface area contributed by atoms with E-state index in [9.17, 15) is 0 Å². The van der Waals surface area contributed by atoms with Crippen LogP contribution in [0.15, 0.2) is 36.9 Å². The van der Waals surface area contributed by atoms with Gasteiger partial charge in [0, 0.05) is 12.4 Å². The summed E-state index contributed by atoms with van der Waals surface area (Å²) >= 11 is 0. The summed E-state index contributed by atoms with van der Waals surface area (Å²) in [4.78, 5) is 16.2. The first kappa shape index (κ1) is 13.0. The fourth-order valence-electron chi connectivity index (χ4n) is 1.91. The molecule has 0 unspecified atom stereocenters. The molecule has 0 saturated carbocycles. The second-order valence-electron chi connectivity index (χ2n) is 4.62. The third kappa shape index (κ3) is 2.81. The molecule has 0 radical (unpaired) electrons. The van der Waals surface area contributed by atoms with Gasteiger partial charge >= 0.3 is 6.01 Å². The normalized spacial score (nSPS) is 10.6. The summed E-state index contributed by atoms with van der Waals surface area (Å²) in [6, 6.07) is 6.01. The molecule has 106 valence electrons. The van der Waals surface area contributed by atoms with Gasteiger partial charge in [0.25, 0.3) is 0 Å². The molecule has 0 saturated heterocycles. The van der Waals surface area contributed by atoms with E-state index in [1.807, 2.05) is 32.0 Å². The van der Waals surface area contributed by atoms with Gasteiger partial charge in [0.2, 0.25) is 11.9 Å². The molecule has 3 rings (SSSR count). The molecule has 0 bridgehead atoms. The smallest absolute Gasteiger partial charge is 0.328 e. The molecule has 0 aliphatic heterocycles. The number of nitrogen functional groups attached to an aromatic ring is 1. The summed E-state index contributed by atoms with van der Waals surface area (Å²) in [6.45, 7) is 3.98. The van der Waals surface area contributed by atoms with Crippen molar-refractivity contribution in [1.29, 1.82) is 0 Å². The Morgan fingerprint density at radius 3 is 2.71 bits per heavy atom. The van der Waals surface area contributed by atoms with Gasteiger partial charge < -0.3 is 10.5 Å². The van der Waals surface area contributed by atoms with Gasteiger partial charge in [-0.3, -0.25) is 4.57 Å². The SMILES string of the molecule is Cc1ccc(Oc2nc(N)nc(-n3ccnc3)n2)c(C)c1. The molecule has 0 amide bonds. The minimum absolute atomic E-state index is 0.0912. The molecule has 0 spiro atoms. The van der Waals surface area contributed by atoms with Gasteiger partial charge in [-0.2, -0.15) is 15.0 Å². The molecular formula is C14H14N6O. The number of hydrogen-bond donors (Lipinski definition) is 1. The van der Waals surface area contributed by atoms with Crippen LogP contribution in [0.25, 0.3) is 5.95 Å². The number of imidazole rings is 1. The molecule has 2 aromatic heterocycles. The molecule has 7 nitrogen and oxygen atoms in total. The average molecular weight is 282 g/mol. The zero-order chi connectivity index (χ0) is 14.8. The van der Waals surface area contributed by atoms with E-state index in [0.29, 0.717) is 11.7 Å². The van der Waals surface area contributed by atoms with Gasteiger partial charge in [-0.25, -0.2) is 4.98 Å². The summed E-state index contributed by atoms with van der Waals surface area (Å²) in [7, 11) is 0. The van der Waals surface area contributed by atoms with Crippen LogP contribution in [0.3, 0.4) is 0 Å². The lowest BCUT2D eigenvalue weighted by atomic mass is 10.1. The summed E-state index contributed by atoms with van der Waals surface area (Å²) in [5, 5.41) is 0. The minimum Gasteiger partial charge on any atom is -0.424 e. The first-order valence-electron chi connectivity index (χ1n) is 6.37. The lowest BCUT2D eigenvalue weighted by Crippen LogP contribution is -2.06. The molecule has 3 aromatic rings. The summed E-state index contributed by atoms with van der Waals surface area (Å²) in [5.74, 6) is 1.14. The van der Waals surface area contributed by atoms with Crippen molar-refractivity contribution in [3.05, 3.63) is 48.0 Å². The van der Waals surface area contributed by atoms with Crippen molar-refractivity contribution in [2.45, 2.75) is 13.8 Å². The van der Waals surface area contributed by atoms with Gasteiger partial charge in [0.15, 0.2) is 0 Å². The van der Waals surface area contributed by atoms with E-state index < -0.39 is 0 Å². The van der Waals surface area contributed by atoms with Crippen LogP contribution in [0.5, 0.6) is 11.8 Å². The van der Waals surface area contributed by atoms with Crippen LogP contribution in [0.1, 0.15) is 11.1 Å². The van der Waals surface area contributed by atoms with Crippen LogP contribution < -0.4 is 10.5 Å². The van der Waals surface area contributed by atoms with Gasteiger partial charge in [-0.1, -0.05) is 17.7 Å². The zero-order valence-electron chi connectivity index (χ0n) is 11.7. The molecule has 2 heterocycles. The van der Waals surface area contributed by atoms with Crippen LogP contribution in [0.2, 0.25) is 0 Å².